The van der Waals surface area contributed by atoms with Gasteiger partial charge in [0.1, 0.15) is 24.0 Å². The molecule has 0 saturated heterocycles. The van der Waals surface area contributed by atoms with Crippen LogP contribution in [-0.4, -0.2) is 16.2 Å². The van der Waals surface area contributed by atoms with Gasteiger partial charge in [0.2, 0.25) is 0 Å². The minimum absolute atomic E-state index is 0.0428. The normalized spacial score (nSPS) is 13.2. The minimum Gasteiger partial charge on any atom is -0.457 e. The van der Waals surface area contributed by atoms with Crippen molar-refractivity contribution in [1.82, 2.24) is 9.55 Å². The zero-order chi connectivity index (χ0) is 50.9. The molecule has 10 aromatic rings. The molecule has 0 radical (unpaired) electrons. The van der Waals surface area contributed by atoms with E-state index in [9.17, 15) is 0 Å². The third kappa shape index (κ3) is 8.75. The Balaban J connectivity index is 1.07. The molecule has 0 aliphatic carbocycles. The van der Waals surface area contributed by atoms with Gasteiger partial charge in [-0.3, -0.25) is 4.57 Å². The second kappa shape index (κ2) is 18.0. The van der Waals surface area contributed by atoms with Crippen molar-refractivity contribution in [3.63, 3.8) is 0 Å². The fraction of sp³-hybridized carbons (Fsp3) is 0.221. The molecular formula is C68H66N4O. The summed E-state index contributed by atoms with van der Waals surface area (Å²) in [7, 11) is 0. The highest BCUT2D eigenvalue weighted by Gasteiger charge is 2.33. The van der Waals surface area contributed by atoms with Crippen molar-refractivity contribution >= 4 is 44.6 Å². The van der Waals surface area contributed by atoms with Gasteiger partial charge in [0.05, 0.1) is 22.4 Å². The fourth-order valence-electron chi connectivity index (χ4n) is 10.9. The summed E-state index contributed by atoms with van der Waals surface area (Å²) in [6.45, 7) is 23.6. The number of hydrogen-bond acceptors (Lipinski definition) is 4. The van der Waals surface area contributed by atoms with Gasteiger partial charge in [-0.25, -0.2) is 4.98 Å². The molecule has 1 aliphatic rings. The Morgan fingerprint density at radius 2 is 0.945 bits per heavy atom. The molecule has 0 fully saturated rings. The van der Waals surface area contributed by atoms with Crippen LogP contribution >= 0.6 is 0 Å². The minimum atomic E-state index is -0.354. The van der Waals surface area contributed by atoms with Crippen LogP contribution in [0, 0.1) is 0 Å². The number of hydrogen-bond donors (Lipinski definition) is 0. The monoisotopic (exact) mass is 955 g/mol. The van der Waals surface area contributed by atoms with Crippen LogP contribution in [0.5, 0.6) is 11.5 Å². The summed E-state index contributed by atoms with van der Waals surface area (Å²) in [6.07, 6.45) is 1.95. The SMILES string of the molecule is CC(C)(C)c1ccnc(-n2c3ccccc3c3c(C(C)(C)C)cc(Oc4cc(N5CN(c6cc(-c7ccccc7)cc(C(C)(C)c7ccccc7)c6)c6ccccc65)cc(C(C)(C)c5ccccc5)c4)cc32)c1. The lowest BCUT2D eigenvalue weighted by atomic mass is 9.77. The molecule has 0 amide bonds. The maximum atomic E-state index is 7.34. The van der Waals surface area contributed by atoms with Crippen LogP contribution in [-0.2, 0) is 21.7 Å². The van der Waals surface area contributed by atoms with Crippen LogP contribution in [0.15, 0.2) is 206 Å². The lowest BCUT2D eigenvalue weighted by Gasteiger charge is -2.30. The third-order valence-corrected chi connectivity index (χ3v) is 15.4. The van der Waals surface area contributed by atoms with Gasteiger partial charge < -0.3 is 14.5 Å². The van der Waals surface area contributed by atoms with Crippen LogP contribution < -0.4 is 14.5 Å². The van der Waals surface area contributed by atoms with Gasteiger partial charge in [-0.15, -0.1) is 0 Å². The predicted octanol–water partition coefficient (Wildman–Crippen LogP) is 18.1. The van der Waals surface area contributed by atoms with Gasteiger partial charge in [0.25, 0.3) is 0 Å². The van der Waals surface area contributed by atoms with E-state index in [2.05, 4.69) is 284 Å². The first-order chi connectivity index (χ1) is 34.9. The molecule has 5 nitrogen and oxygen atoms in total. The first-order valence-corrected chi connectivity index (χ1v) is 25.8. The topological polar surface area (TPSA) is 33.5 Å². The largest absolute Gasteiger partial charge is 0.457 e. The Labute approximate surface area is 432 Å². The van der Waals surface area contributed by atoms with E-state index in [1.54, 1.807) is 0 Å². The molecule has 8 aromatic carbocycles. The van der Waals surface area contributed by atoms with Gasteiger partial charge in [-0.2, -0.15) is 0 Å². The Morgan fingerprint density at radius 3 is 1.55 bits per heavy atom. The van der Waals surface area contributed by atoms with E-state index >= 15 is 0 Å². The Morgan fingerprint density at radius 1 is 0.411 bits per heavy atom. The molecule has 3 heterocycles. The standard InChI is InChI=1S/C68H66N4O/c1-65(2,3)50-34-35-69-63(41-50)72-59-31-21-20-30-57(59)64-58(66(4,5)6)43-56(44-62(64)72)73-55-40-52(68(9,10)49-28-18-13-19-29-49)39-54(42-55)71-45-70(60-32-22-23-33-61(60)71)53-37-47(46-24-14-11-15-25-46)36-51(38-53)67(7,8)48-26-16-12-17-27-48/h11-44H,45H2,1-10H3. The summed E-state index contributed by atoms with van der Waals surface area (Å²) in [5, 5.41) is 2.42. The predicted molar refractivity (Wildman–Crippen MR) is 307 cm³/mol. The molecule has 0 saturated carbocycles. The molecule has 0 N–H and O–H groups in total. The first kappa shape index (κ1) is 47.4. The van der Waals surface area contributed by atoms with Gasteiger partial charge in [0.15, 0.2) is 0 Å². The average molecular weight is 955 g/mol. The van der Waals surface area contributed by atoms with Crippen molar-refractivity contribution in [3.8, 4) is 28.4 Å². The molecule has 5 heteroatoms. The maximum absolute atomic E-state index is 7.34. The lowest BCUT2D eigenvalue weighted by Crippen LogP contribution is -2.26. The van der Waals surface area contributed by atoms with E-state index in [1.807, 2.05) is 6.20 Å². The van der Waals surface area contributed by atoms with E-state index < -0.39 is 0 Å². The molecule has 0 bridgehead atoms. The molecule has 1 aliphatic heterocycles. The molecule has 364 valence electrons. The molecule has 11 rings (SSSR count). The summed E-state index contributed by atoms with van der Waals surface area (Å²) in [4.78, 5) is 9.97. The van der Waals surface area contributed by atoms with E-state index in [0.29, 0.717) is 6.67 Å². The zero-order valence-electron chi connectivity index (χ0n) is 44.0. The maximum Gasteiger partial charge on any atom is 0.137 e. The first-order valence-electron chi connectivity index (χ1n) is 25.8. The lowest BCUT2D eigenvalue weighted by molar-refractivity contribution is 0.477. The van der Waals surface area contributed by atoms with Crippen LogP contribution in [0.2, 0.25) is 0 Å². The van der Waals surface area contributed by atoms with Crippen molar-refractivity contribution in [3.05, 3.63) is 240 Å². The van der Waals surface area contributed by atoms with E-state index in [1.165, 1.54) is 49.7 Å². The Hall–Kier alpha value is -7.89. The van der Waals surface area contributed by atoms with Crippen molar-refractivity contribution in [2.75, 3.05) is 16.5 Å². The quantitative estimate of drug-likeness (QED) is 0.137. The number of pyridine rings is 1. The number of para-hydroxylation sites is 3. The summed E-state index contributed by atoms with van der Waals surface area (Å²) >= 11 is 0. The third-order valence-electron chi connectivity index (χ3n) is 15.4. The number of aromatic nitrogens is 2. The molecule has 2 aromatic heterocycles. The second-order valence-electron chi connectivity index (χ2n) is 23.0. The number of nitrogens with zero attached hydrogens (tertiary/aromatic N) is 4. The fourth-order valence-corrected chi connectivity index (χ4v) is 10.9. The number of rotatable bonds is 10. The van der Waals surface area contributed by atoms with E-state index in [-0.39, 0.29) is 21.7 Å². The summed E-state index contributed by atoms with van der Waals surface area (Å²) in [6, 6.07) is 73.0. The average Bonchev–Trinajstić information content (AvgIpc) is 3.96. The molecule has 73 heavy (non-hydrogen) atoms. The molecular weight excluding hydrogens is 889 g/mol. The summed E-state index contributed by atoms with van der Waals surface area (Å²) in [5.41, 5.74) is 15.6. The number of fused-ring (bicyclic) bond motifs is 4. The smallest absolute Gasteiger partial charge is 0.137 e. The van der Waals surface area contributed by atoms with Crippen LogP contribution in [0.1, 0.15) is 103 Å². The Kier molecular flexibility index (Phi) is 11.7. The van der Waals surface area contributed by atoms with Crippen LogP contribution in [0.25, 0.3) is 38.8 Å². The number of benzene rings is 8. The highest BCUT2D eigenvalue weighted by atomic mass is 16.5. The molecule has 0 atom stereocenters. The number of ether oxygens (including phenoxy) is 1. The van der Waals surface area contributed by atoms with Crippen molar-refractivity contribution in [2.45, 2.75) is 90.9 Å². The van der Waals surface area contributed by atoms with Crippen LogP contribution in [0.3, 0.4) is 0 Å². The van der Waals surface area contributed by atoms with E-state index in [0.717, 1.165) is 56.7 Å². The molecule has 0 unspecified atom stereocenters. The summed E-state index contributed by atoms with van der Waals surface area (Å²) in [5.74, 6) is 2.45. The highest BCUT2D eigenvalue weighted by Crippen LogP contribution is 2.49. The Bertz CT molecular complexity index is 3650. The van der Waals surface area contributed by atoms with Gasteiger partial charge >= 0.3 is 0 Å². The zero-order valence-corrected chi connectivity index (χ0v) is 44.0. The highest BCUT2D eigenvalue weighted by molar-refractivity contribution is 6.11. The van der Waals surface area contributed by atoms with Crippen molar-refractivity contribution in [1.29, 1.82) is 0 Å². The van der Waals surface area contributed by atoms with Gasteiger partial charge in [-0.05, 0) is 116 Å². The van der Waals surface area contributed by atoms with E-state index in [4.69, 9.17) is 9.72 Å². The van der Waals surface area contributed by atoms with Gasteiger partial charge in [-0.1, -0.05) is 197 Å². The van der Waals surface area contributed by atoms with Crippen molar-refractivity contribution < 1.29 is 4.74 Å². The van der Waals surface area contributed by atoms with Gasteiger partial charge in [0, 0.05) is 51.3 Å². The molecule has 0 spiro atoms. The number of anilines is 4. The van der Waals surface area contributed by atoms with Crippen LogP contribution in [0.4, 0.5) is 22.7 Å². The van der Waals surface area contributed by atoms with Crippen molar-refractivity contribution in [2.24, 2.45) is 0 Å². The second-order valence-corrected chi connectivity index (χ2v) is 23.0. The summed E-state index contributed by atoms with van der Waals surface area (Å²) < 4.78 is 9.68.